The largest absolute Gasteiger partial charge is 0.329 e. The predicted molar refractivity (Wildman–Crippen MR) is 150 cm³/mol. The Morgan fingerprint density at radius 3 is 2.44 bits per heavy atom. The third-order valence-electron chi connectivity index (χ3n) is 6.87. The number of carbonyl (C=O) groups is 2. The van der Waals surface area contributed by atoms with E-state index in [0.717, 1.165) is 29.1 Å². The number of para-hydroxylation sites is 2. The maximum absolute atomic E-state index is 14.2. The van der Waals surface area contributed by atoms with Crippen molar-refractivity contribution < 1.29 is 14.5 Å². The van der Waals surface area contributed by atoms with E-state index >= 15 is 0 Å². The number of carbonyl (C=O) groups excluding carboxylic acids is 2. The van der Waals surface area contributed by atoms with E-state index in [1.165, 1.54) is 23.1 Å². The van der Waals surface area contributed by atoms with E-state index in [2.05, 4.69) is 4.57 Å². The van der Waals surface area contributed by atoms with Gasteiger partial charge in [-0.15, -0.1) is 0 Å². The lowest BCUT2D eigenvalue weighted by molar-refractivity contribution is -0.384. The number of unbranched alkanes of at least 4 members (excludes halogenated alkanes) is 1. The summed E-state index contributed by atoms with van der Waals surface area (Å²) in [6.45, 7) is 2.17. The van der Waals surface area contributed by atoms with Crippen molar-refractivity contribution in [2.45, 2.75) is 25.8 Å². The van der Waals surface area contributed by atoms with Gasteiger partial charge in [0.1, 0.15) is 12.6 Å². The molecule has 0 bridgehead atoms. The van der Waals surface area contributed by atoms with Crippen LogP contribution in [-0.4, -0.2) is 39.3 Å². The van der Waals surface area contributed by atoms with Gasteiger partial charge in [-0.05, 0) is 54.4 Å². The minimum atomic E-state index is -0.533. The van der Waals surface area contributed by atoms with Gasteiger partial charge >= 0.3 is 0 Å². The Kier molecular flexibility index (Phi) is 7.47. The summed E-state index contributed by atoms with van der Waals surface area (Å²) in [7, 11) is 0. The molecule has 1 aliphatic heterocycles. The molecule has 1 atom stereocenters. The minimum Gasteiger partial charge on any atom is -0.329 e. The Morgan fingerprint density at radius 1 is 0.974 bits per heavy atom. The number of anilines is 1. The number of hydrogen-bond donors (Lipinski definition) is 0. The smallest absolute Gasteiger partial charge is 0.270 e. The molecule has 198 valence electrons. The van der Waals surface area contributed by atoms with Gasteiger partial charge in [0.25, 0.3) is 11.6 Å². The molecule has 1 unspecified atom stereocenters. The Morgan fingerprint density at radius 2 is 1.72 bits per heavy atom. The molecule has 8 nitrogen and oxygen atoms in total. The fourth-order valence-electron chi connectivity index (χ4n) is 5.00. The average Bonchev–Trinajstić information content (AvgIpc) is 3.45. The van der Waals surface area contributed by atoms with Crippen molar-refractivity contribution in [3.05, 3.63) is 123 Å². The fourth-order valence-corrected chi connectivity index (χ4v) is 5.12. The highest BCUT2D eigenvalue weighted by Gasteiger charge is 2.37. The van der Waals surface area contributed by atoms with E-state index in [4.69, 9.17) is 11.6 Å². The number of halogens is 1. The summed E-state index contributed by atoms with van der Waals surface area (Å²) in [6, 6.07) is 24.2. The van der Waals surface area contributed by atoms with Crippen molar-refractivity contribution in [3.8, 4) is 5.69 Å². The van der Waals surface area contributed by atoms with Crippen molar-refractivity contribution in [1.29, 1.82) is 0 Å². The number of non-ortho nitro benzene ring substituents is 1. The molecule has 0 fully saturated rings. The van der Waals surface area contributed by atoms with Gasteiger partial charge in [0.2, 0.25) is 5.91 Å². The van der Waals surface area contributed by atoms with Crippen LogP contribution in [0.2, 0.25) is 5.02 Å². The topological polar surface area (TPSA) is 88.7 Å². The van der Waals surface area contributed by atoms with Crippen LogP contribution < -0.4 is 4.90 Å². The molecule has 0 saturated carbocycles. The van der Waals surface area contributed by atoms with Crippen LogP contribution in [0.4, 0.5) is 11.4 Å². The van der Waals surface area contributed by atoms with Crippen LogP contribution in [0.5, 0.6) is 0 Å². The number of amides is 2. The summed E-state index contributed by atoms with van der Waals surface area (Å²) in [5, 5.41) is 11.9. The van der Waals surface area contributed by atoms with Crippen LogP contribution in [0.3, 0.4) is 0 Å². The van der Waals surface area contributed by atoms with Crippen LogP contribution in [-0.2, 0) is 4.79 Å². The molecule has 1 aromatic heterocycles. The van der Waals surface area contributed by atoms with Gasteiger partial charge in [-0.1, -0.05) is 55.3 Å². The Hall–Kier alpha value is -4.43. The predicted octanol–water partition coefficient (Wildman–Crippen LogP) is 6.42. The fraction of sp³-hybridized carbons (Fsp3) is 0.200. The molecule has 9 heteroatoms. The van der Waals surface area contributed by atoms with E-state index < -0.39 is 16.9 Å². The third kappa shape index (κ3) is 5.15. The number of nitro groups is 1. The second kappa shape index (κ2) is 11.1. The zero-order valence-corrected chi connectivity index (χ0v) is 22.1. The Bertz CT molecular complexity index is 1530. The molecule has 0 N–H and O–H groups in total. The summed E-state index contributed by atoms with van der Waals surface area (Å²) in [5.74, 6) is -0.679. The molecule has 0 aliphatic carbocycles. The Balaban J connectivity index is 1.54. The maximum atomic E-state index is 14.2. The molecule has 2 heterocycles. The van der Waals surface area contributed by atoms with Gasteiger partial charge in [-0.3, -0.25) is 24.6 Å². The molecule has 39 heavy (non-hydrogen) atoms. The van der Waals surface area contributed by atoms with E-state index in [9.17, 15) is 19.7 Å². The van der Waals surface area contributed by atoms with Gasteiger partial charge in [0, 0.05) is 35.5 Å². The zero-order valence-electron chi connectivity index (χ0n) is 21.4. The van der Waals surface area contributed by atoms with Crippen molar-refractivity contribution in [2.75, 3.05) is 18.0 Å². The zero-order chi connectivity index (χ0) is 27.5. The van der Waals surface area contributed by atoms with Gasteiger partial charge < -0.3 is 9.47 Å². The first-order valence-corrected chi connectivity index (χ1v) is 13.1. The number of hydrogen-bond acceptors (Lipinski definition) is 4. The molecule has 4 aromatic rings. The molecule has 1 aliphatic rings. The van der Waals surface area contributed by atoms with Crippen molar-refractivity contribution in [2.24, 2.45) is 0 Å². The average molecular weight is 543 g/mol. The molecule has 2 amide bonds. The van der Waals surface area contributed by atoms with Crippen molar-refractivity contribution in [3.63, 3.8) is 0 Å². The number of fused-ring (bicyclic) bond motifs is 3. The van der Waals surface area contributed by atoms with Crippen LogP contribution in [0.1, 0.15) is 47.4 Å². The lowest BCUT2D eigenvalue weighted by Crippen LogP contribution is -2.47. The summed E-state index contributed by atoms with van der Waals surface area (Å²) in [5.41, 5.74) is 3.39. The summed E-state index contributed by atoms with van der Waals surface area (Å²) in [4.78, 5) is 41.8. The third-order valence-corrected chi connectivity index (χ3v) is 7.12. The molecular weight excluding hydrogens is 516 g/mol. The van der Waals surface area contributed by atoms with Crippen LogP contribution >= 0.6 is 11.6 Å². The van der Waals surface area contributed by atoms with E-state index in [-0.39, 0.29) is 23.7 Å². The lowest BCUT2D eigenvalue weighted by atomic mass is 9.97. The summed E-state index contributed by atoms with van der Waals surface area (Å²) < 4.78 is 2.07. The summed E-state index contributed by atoms with van der Waals surface area (Å²) >= 11 is 6.18. The second-order valence-corrected chi connectivity index (χ2v) is 9.83. The molecule has 5 rings (SSSR count). The van der Waals surface area contributed by atoms with Gasteiger partial charge in [0.15, 0.2) is 0 Å². The van der Waals surface area contributed by atoms with Gasteiger partial charge in [-0.2, -0.15) is 0 Å². The quantitative estimate of drug-likeness (QED) is 0.190. The summed E-state index contributed by atoms with van der Waals surface area (Å²) in [6.07, 6.45) is 3.48. The SMILES string of the molecule is CCCCN(CC(=O)N1c2ccccc2-n2cccc2C1c1ccc(Cl)cc1)C(=O)c1cccc([N+](=O)[O-])c1. The van der Waals surface area contributed by atoms with Crippen LogP contribution in [0, 0.1) is 10.1 Å². The van der Waals surface area contributed by atoms with Crippen LogP contribution in [0.15, 0.2) is 91.1 Å². The number of nitrogens with zero attached hydrogens (tertiary/aromatic N) is 4. The second-order valence-electron chi connectivity index (χ2n) is 9.40. The normalized spacial score (nSPS) is 13.9. The molecular formula is C30H27ClN4O4. The molecule has 0 radical (unpaired) electrons. The van der Waals surface area contributed by atoms with E-state index in [1.807, 2.05) is 61.7 Å². The first-order valence-electron chi connectivity index (χ1n) is 12.8. The molecule has 0 spiro atoms. The number of nitro benzene ring substituents is 1. The molecule has 0 saturated heterocycles. The minimum absolute atomic E-state index is 0.170. The standard InChI is InChI=1S/C30H27ClN4O4/c1-2-3-17-32(30(37)22-8-6-9-24(19-22)35(38)39)20-28(36)34-26-11-5-4-10-25(26)33-18-7-12-27(33)29(34)21-13-15-23(31)16-14-21/h4-16,18-19,29H,2-3,17,20H2,1H3. The number of rotatable bonds is 8. The number of aromatic nitrogens is 1. The highest BCUT2D eigenvalue weighted by molar-refractivity contribution is 6.30. The highest BCUT2D eigenvalue weighted by atomic mass is 35.5. The maximum Gasteiger partial charge on any atom is 0.270 e. The molecule has 3 aromatic carbocycles. The lowest BCUT2D eigenvalue weighted by Gasteiger charge is -2.39. The first-order chi connectivity index (χ1) is 18.9. The van der Waals surface area contributed by atoms with Gasteiger partial charge in [0.05, 0.1) is 22.0 Å². The highest BCUT2D eigenvalue weighted by Crippen LogP contribution is 2.42. The van der Waals surface area contributed by atoms with Gasteiger partial charge in [-0.25, -0.2) is 0 Å². The van der Waals surface area contributed by atoms with Crippen molar-refractivity contribution >= 4 is 34.8 Å². The monoisotopic (exact) mass is 542 g/mol. The van der Waals surface area contributed by atoms with E-state index in [0.29, 0.717) is 18.0 Å². The van der Waals surface area contributed by atoms with Crippen molar-refractivity contribution in [1.82, 2.24) is 9.47 Å². The first kappa shape index (κ1) is 26.2. The number of benzene rings is 3. The Labute approximate surface area is 231 Å². The van der Waals surface area contributed by atoms with Crippen LogP contribution in [0.25, 0.3) is 5.69 Å². The van der Waals surface area contributed by atoms with E-state index in [1.54, 1.807) is 23.1 Å².